The number of aliphatic hydroxyl groups excluding tert-OH is 2. The molecule has 0 radical (unpaired) electrons. The number of carbonyl (C=O) groups is 2. The highest BCUT2D eigenvalue weighted by Gasteiger charge is 2.36. The van der Waals surface area contributed by atoms with Crippen LogP contribution in [0.15, 0.2) is 0 Å². The number of hydrogen-bond acceptors (Lipinski definition) is 6. The van der Waals surface area contributed by atoms with Crippen LogP contribution in [0.2, 0.25) is 0 Å². The summed E-state index contributed by atoms with van der Waals surface area (Å²) in [4.78, 5) is 23.3. The Bertz CT molecular complexity index is 246. The van der Waals surface area contributed by atoms with Crippen molar-refractivity contribution in [2.75, 3.05) is 13.2 Å². The van der Waals surface area contributed by atoms with Crippen molar-refractivity contribution < 1.29 is 29.3 Å². The number of carbonyl (C=O) groups excluding carboxylic acids is 2. The fraction of sp³-hybridized carbons (Fsp3) is 0.833. The zero-order valence-corrected chi connectivity index (χ0v) is 11.3. The Morgan fingerprint density at radius 1 is 0.833 bits per heavy atom. The molecule has 2 N–H and O–H groups in total. The minimum Gasteiger partial charge on any atom is -0.463 e. The third kappa shape index (κ3) is 5.46. The first-order chi connectivity index (χ1) is 8.33. The van der Waals surface area contributed by atoms with Crippen LogP contribution in [0, 0.1) is 11.8 Å². The van der Waals surface area contributed by atoms with Crippen molar-refractivity contribution in [2.24, 2.45) is 11.8 Å². The highest BCUT2D eigenvalue weighted by Crippen LogP contribution is 2.17. The average molecular weight is 262 g/mol. The molecule has 0 rings (SSSR count). The molecule has 6 heteroatoms. The molecule has 6 nitrogen and oxygen atoms in total. The second kappa shape index (κ2) is 8.05. The van der Waals surface area contributed by atoms with Crippen LogP contribution in [0.5, 0.6) is 0 Å². The van der Waals surface area contributed by atoms with E-state index in [4.69, 9.17) is 9.47 Å². The number of hydrogen-bond donors (Lipinski definition) is 2. The van der Waals surface area contributed by atoms with Gasteiger partial charge in [0.15, 0.2) is 0 Å². The fourth-order valence-corrected chi connectivity index (χ4v) is 1.37. The lowest BCUT2D eigenvalue weighted by atomic mass is 9.93. The highest BCUT2D eigenvalue weighted by atomic mass is 16.6. The van der Waals surface area contributed by atoms with Crippen LogP contribution in [0.4, 0.5) is 0 Å². The van der Waals surface area contributed by atoms with Gasteiger partial charge in [0.1, 0.15) is 0 Å². The van der Waals surface area contributed by atoms with Gasteiger partial charge in [-0.2, -0.15) is 0 Å². The first-order valence-electron chi connectivity index (χ1n) is 5.96. The van der Waals surface area contributed by atoms with E-state index in [-0.39, 0.29) is 12.2 Å². The van der Waals surface area contributed by atoms with Gasteiger partial charge < -0.3 is 19.7 Å². The maximum atomic E-state index is 11.7. The van der Waals surface area contributed by atoms with Gasteiger partial charge in [-0.05, 0) is 27.7 Å². The normalized spacial score (nSPS) is 14.4. The van der Waals surface area contributed by atoms with Crippen LogP contribution in [0.3, 0.4) is 0 Å². The lowest BCUT2D eigenvalue weighted by Crippen LogP contribution is -2.38. The molecule has 0 aromatic rings. The van der Waals surface area contributed by atoms with E-state index in [1.54, 1.807) is 27.7 Å². The third-order valence-electron chi connectivity index (χ3n) is 2.19. The van der Waals surface area contributed by atoms with Crippen LogP contribution in [0.1, 0.15) is 27.7 Å². The highest BCUT2D eigenvalue weighted by molar-refractivity contribution is 5.82. The van der Waals surface area contributed by atoms with Gasteiger partial charge in [-0.3, -0.25) is 9.59 Å². The average Bonchev–Trinajstić information content (AvgIpc) is 2.22. The molecule has 0 bridgehead atoms. The van der Waals surface area contributed by atoms with Crippen molar-refractivity contribution in [3.8, 4) is 0 Å². The standard InChI is InChI=1S/C12H22O6/c1-7(2)17-11(15)9(5-13)10(6-14)12(16)18-8(3)4/h7-10,13-14H,5-6H2,1-4H3/t9-,10-/m1/s1. The lowest BCUT2D eigenvalue weighted by Gasteiger charge is -2.23. The van der Waals surface area contributed by atoms with Gasteiger partial charge in [-0.1, -0.05) is 0 Å². The topological polar surface area (TPSA) is 93.1 Å². The molecule has 18 heavy (non-hydrogen) atoms. The molecule has 106 valence electrons. The first kappa shape index (κ1) is 16.9. The van der Waals surface area contributed by atoms with E-state index < -0.39 is 37.0 Å². The van der Waals surface area contributed by atoms with E-state index in [1.807, 2.05) is 0 Å². The molecule has 0 aromatic carbocycles. The van der Waals surface area contributed by atoms with Crippen LogP contribution in [-0.4, -0.2) is 47.6 Å². The number of ether oxygens (including phenoxy) is 2. The van der Waals surface area contributed by atoms with E-state index in [0.717, 1.165) is 0 Å². The second-order valence-corrected chi connectivity index (χ2v) is 4.55. The molecule has 0 amide bonds. The molecule has 0 saturated heterocycles. The summed E-state index contributed by atoms with van der Waals surface area (Å²) in [5.41, 5.74) is 0. The van der Waals surface area contributed by atoms with Gasteiger partial charge in [0.25, 0.3) is 0 Å². The Morgan fingerprint density at radius 2 is 1.11 bits per heavy atom. The molecular weight excluding hydrogens is 240 g/mol. The summed E-state index contributed by atoms with van der Waals surface area (Å²) in [6, 6.07) is 0. The monoisotopic (exact) mass is 262 g/mol. The summed E-state index contributed by atoms with van der Waals surface area (Å²) in [6.45, 7) is 5.48. The molecule has 0 unspecified atom stereocenters. The predicted molar refractivity (Wildman–Crippen MR) is 63.6 cm³/mol. The van der Waals surface area contributed by atoms with E-state index >= 15 is 0 Å². The van der Waals surface area contributed by atoms with Gasteiger partial charge in [0.05, 0.1) is 37.3 Å². The minimum absolute atomic E-state index is 0.355. The van der Waals surface area contributed by atoms with Gasteiger partial charge in [-0.15, -0.1) is 0 Å². The van der Waals surface area contributed by atoms with Crippen molar-refractivity contribution in [3.05, 3.63) is 0 Å². The van der Waals surface area contributed by atoms with Gasteiger partial charge >= 0.3 is 11.9 Å². The van der Waals surface area contributed by atoms with Gasteiger partial charge in [0, 0.05) is 0 Å². The van der Waals surface area contributed by atoms with E-state index in [0.29, 0.717) is 0 Å². The summed E-state index contributed by atoms with van der Waals surface area (Å²) in [5, 5.41) is 18.3. The molecule has 0 heterocycles. The Labute approximate surface area is 107 Å². The minimum atomic E-state index is -1.11. The van der Waals surface area contributed by atoms with E-state index in [1.165, 1.54) is 0 Å². The Balaban J connectivity index is 4.76. The maximum Gasteiger partial charge on any atom is 0.312 e. The predicted octanol–water partition coefficient (Wildman–Crippen LogP) is 0.107. The third-order valence-corrected chi connectivity index (χ3v) is 2.19. The Morgan fingerprint density at radius 3 is 1.28 bits per heavy atom. The number of rotatable bonds is 7. The summed E-state index contributed by atoms with van der Waals surface area (Å²) in [7, 11) is 0. The molecule has 0 aliphatic rings. The molecule has 0 saturated carbocycles. The zero-order chi connectivity index (χ0) is 14.3. The van der Waals surface area contributed by atoms with Crippen LogP contribution >= 0.6 is 0 Å². The molecule has 0 fully saturated rings. The summed E-state index contributed by atoms with van der Waals surface area (Å²) in [5.74, 6) is -3.65. The molecule has 0 aliphatic carbocycles. The van der Waals surface area contributed by atoms with Crippen LogP contribution < -0.4 is 0 Å². The van der Waals surface area contributed by atoms with Crippen LogP contribution in [0.25, 0.3) is 0 Å². The Hall–Kier alpha value is -1.14. The number of esters is 2. The van der Waals surface area contributed by atoms with Gasteiger partial charge in [0.2, 0.25) is 0 Å². The molecule has 2 atom stereocenters. The van der Waals surface area contributed by atoms with Crippen molar-refractivity contribution in [2.45, 2.75) is 39.9 Å². The van der Waals surface area contributed by atoms with E-state index in [9.17, 15) is 19.8 Å². The van der Waals surface area contributed by atoms with Crippen molar-refractivity contribution in [3.63, 3.8) is 0 Å². The van der Waals surface area contributed by atoms with E-state index in [2.05, 4.69) is 0 Å². The summed E-state index contributed by atoms with van der Waals surface area (Å²) < 4.78 is 9.85. The van der Waals surface area contributed by atoms with Crippen molar-refractivity contribution in [1.82, 2.24) is 0 Å². The largest absolute Gasteiger partial charge is 0.463 e. The van der Waals surface area contributed by atoms with Crippen molar-refractivity contribution >= 4 is 11.9 Å². The maximum absolute atomic E-state index is 11.7. The first-order valence-corrected chi connectivity index (χ1v) is 5.96. The number of aliphatic hydroxyl groups is 2. The van der Waals surface area contributed by atoms with Gasteiger partial charge in [-0.25, -0.2) is 0 Å². The Kier molecular flexibility index (Phi) is 7.54. The van der Waals surface area contributed by atoms with Crippen LogP contribution in [-0.2, 0) is 19.1 Å². The van der Waals surface area contributed by atoms with Crippen molar-refractivity contribution in [1.29, 1.82) is 0 Å². The quantitative estimate of drug-likeness (QED) is 0.632. The second-order valence-electron chi connectivity index (χ2n) is 4.55. The summed E-state index contributed by atoms with van der Waals surface area (Å²) >= 11 is 0. The molecule has 0 aromatic heterocycles. The summed E-state index contributed by atoms with van der Waals surface area (Å²) in [6.07, 6.45) is -0.709. The molecule has 0 spiro atoms. The zero-order valence-electron chi connectivity index (χ0n) is 11.3. The molecular formula is C12H22O6. The smallest absolute Gasteiger partial charge is 0.312 e. The SMILES string of the molecule is CC(C)OC(=O)[C@H](CO)[C@@H](CO)C(=O)OC(C)C. The fourth-order valence-electron chi connectivity index (χ4n) is 1.37. The molecule has 0 aliphatic heterocycles. The lowest BCUT2D eigenvalue weighted by molar-refractivity contribution is -0.168.